The van der Waals surface area contributed by atoms with E-state index in [1.165, 1.54) is 6.07 Å². The largest absolute Gasteiger partial charge is 0.505 e. The first-order valence-electron chi connectivity index (χ1n) is 5.23. The van der Waals surface area contributed by atoms with Gasteiger partial charge in [0, 0.05) is 6.07 Å². The number of nitrogen functional groups attached to an aromatic ring is 1. The maximum atomic E-state index is 13.1. The van der Waals surface area contributed by atoms with Gasteiger partial charge in [-0.05, 0) is 18.2 Å². The quantitative estimate of drug-likeness (QED) is 0.420. The summed E-state index contributed by atoms with van der Waals surface area (Å²) in [5.41, 5.74) is 0.735. The summed E-state index contributed by atoms with van der Waals surface area (Å²) in [5.74, 6) is 2.76. The predicted molar refractivity (Wildman–Crippen MR) is 68.1 cm³/mol. The first-order valence-corrected chi connectivity index (χ1v) is 5.61. The molecule has 1 aromatic heterocycles. The van der Waals surface area contributed by atoms with Gasteiger partial charge in [0.15, 0.2) is 11.4 Å². The Kier molecular flexibility index (Phi) is 3.68. The number of hydrazine groups is 1. The molecule has 0 aliphatic heterocycles. The van der Waals surface area contributed by atoms with Gasteiger partial charge in [-0.3, -0.25) is 15.0 Å². The van der Waals surface area contributed by atoms with E-state index in [9.17, 15) is 19.1 Å². The first-order chi connectivity index (χ1) is 9.43. The van der Waals surface area contributed by atoms with E-state index >= 15 is 0 Å². The van der Waals surface area contributed by atoms with Crippen LogP contribution in [0.2, 0.25) is 5.02 Å². The van der Waals surface area contributed by atoms with Crippen LogP contribution in [0, 0.1) is 5.82 Å². The maximum Gasteiger partial charge on any atom is 0.289 e. The van der Waals surface area contributed by atoms with Gasteiger partial charge in [-0.15, -0.1) is 0 Å². The molecular formula is C11H8ClFN4O3. The highest BCUT2D eigenvalue weighted by atomic mass is 35.5. The third-order valence-corrected chi connectivity index (χ3v) is 2.70. The van der Waals surface area contributed by atoms with Gasteiger partial charge < -0.3 is 5.11 Å². The highest BCUT2D eigenvalue weighted by molar-refractivity contribution is 6.30. The number of benzene rings is 1. The molecule has 2 aromatic rings. The number of nitrogens with zero attached hydrogens (tertiary/aromatic N) is 2. The number of nitrogens with two attached hydrogens (primary N) is 1. The molecule has 0 spiro atoms. The van der Waals surface area contributed by atoms with Crippen LogP contribution >= 0.6 is 11.6 Å². The Morgan fingerprint density at radius 1 is 1.45 bits per heavy atom. The van der Waals surface area contributed by atoms with E-state index in [1.54, 1.807) is 5.43 Å². The van der Waals surface area contributed by atoms with Crippen LogP contribution in [0.25, 0.3) is 5.69 Å². The number of nitrogens with one attached hydrogen (secondary N) is 1. The second-order valence-corrected chi connectivity index (χ2v) is 4.11. The molecular weight excluding hydrogens is 291 g/mol. The number of rotatable bonds is 2. The number of carbonyl (C=O) groups is 1. The molecule has 2 rings (SSSR count). The van der Waals surface area contributed by atoms with Crippen LogP contribution in [0.5, 0.6) is 5.75 Å². The van der Waals surface area contributed by atoms with Crippen molar-refractivity contribution in [3.8, 4) is 11.4 Å². The Balaban J connectivity index is 2.64. The number of hydrogen-bond acceptors (Lipinski definition) is 5. The van der Waals surface area contributed by atoms with Gasteiger partial charge in [0.05, 0.1) is 10.7 Å². The minimum atomic E-state index is -0.885. The van der Waals surface area contributed by atoms with Crippen molar-refractivity contribution in [2.75, 3.05) is 0 Å². The fourth-order valence-electron chi connectivity index (χ4n) is 1.48. The highest BCUT2D eigenvalue weighted by Crippen LogP contribution is 2.18. The molecule has 0 fully saturated rings. The summed E-state index contributed by atoms with van der Waals surface area (Å²) in [6.45, 7) is 0. The molecule has 20 heavy (non-hydrogen) atoms. The lowest BCUT2D eigenvalue weighted by molar-refractivity contribution is 0.0943. The van der Waals surface area contributed by atoms with Gasteiger partial charge in [-0.2, -0.15) is 9.78 Å². The molecule has 1 heterocycles. The Bertz CT molecular complexity index is 747. The van der Waals surface area contributed by atoms with Gasteiger partial charge >= 0.3 is 0 Å². The molecule has 0 bridgehead atoms. The predicted octanol–water partition coefficient (Wildman–Crippen LogP) is 0.334. The third-order valence-electron chi connectivity index (χ3n) is 2.41. The standard InChI is InChI=1S/C11H8ClFN4O3/c12-6-3-5(1-2-7(6)13)17-9(19)4-8(18)10(16-17)11(20)15-14/h1-4,18H,14H2,(H,15,20). The molecule has 0 atom stereocenters. The summed E-state index contributed by atoms with van der Waals surface area (Å²) in [5, 5.41) is 12.9. The number of aromatic hydroxyl groups is 1. The van der Waals surface area contributed by atoms with E-state index in [0.717, 1.165) is 22.9 Å². The van der Waals surface area contributed by atoms with Crippen molar-refractivity contribution in [1.29, 1.82) is 0 Å². The van der Waals surface area contributed by atoms with Crippen molar-refractivity contribution in [1.82, 2.24) is 15.2 Å². The van der Waals surface area contributed by atoms with Gasteiger partial charge in [-0.1, -0.05) is 11.6 Å². The number of hydrogen-bond donors (Lipinski definition) is 3. The normalized spacial score (nSPS) is 10.3. The topological polar surface area (TPSA) is 110 Å². The first kappa shape index (κ1) is 14.0. The van der Waals surface area contributed by atoms with Crippen molar-refractivity contribution < 1.29 is 14.3 Å². The molecule has 4 N–H and O–H groups in total. The van der Waals surface area contributed by atoms with Crippen LogP contribution in [0.4, 0.5) is 4.39 Å². The van der Waals surface area contributed by atoms with E-state index in [4.69, 9.17) is 17.4 Å². The molecule has 0 saturated carbocycles. The van der Waals surface area contributed by atoms with E-state index in [-0.39, 0.29) is 10.7 Å². The van der Waals surface area contributed by atoms with Crippen LogP contribution in [0.15, 0.2) is 29.1 Å². The molecule has 0 saturated heterocycles. The van der Waals surface area contributed by atoms with Crippen LogP contribution in [-0.2, 0) is 0 Å². The van der Waals surface area contributed by atoms with Crippen molar-refractivity contribution in [2.45, 2.75) is 0 Å². The molecule has 1 amide bonds. The van der Waals surface area contributed by atoms with Gasteiger partial charge in [0.1, 0.15) is 5.82 Å². The Hall–Kier alpha value is -2.45. The highest BCUT2D eigenvalue weighted by Gasteiger charge is 2.16. The number of amides is 1. The van der Waals surface area contributed by atoms with Gasteiger partial charge in [0.25, 0.3) is 11.5 Å². The zero-order valence-electron chi connectivity index (χ0n) is 9.80. The fourth-order valence-corrected chi connectivity index (χ4v) is 1.65. The molecule has 104 valence electrons. The fraction of sp³-hybridized carbons (Fsp3) is 0. The van der Waals surface area contributed by atoms with Crippen molar-refractivity contribution in [3.05, 3.63) is 51.2 Å². The number of carbonyl (C=O) groups excluding carboxylic acids is 1. The van der Waals surface area contributed by atoms with E-state index < -0.39 is 28.7 Å². The molecule has 1 aromatic carbocycles. The Morgan fingerprint density at radius 3 is 2.75 bits per heavy atom. The van der Waals surface area contributed by atoms with Crippen LogP contribution in [-0.4, -0.2) is 20.8 Å². The summed E-state index contributed by atoms with van der Waals surface area (Å²) in [4.78, 5) is 23.1. The zero-order valence-corrected chi connectivity index (χ0v) is 10.6. The maximum absolute atomic E-state index is 13.1. The lowest BCUT2D eigenvalue weighted by Crippen LogP contribution is -2.33. The molecule has 0 aliphatic carbocycles. The second-order valence-electron chi connectivity index (χ2n) is 3.70. The average Bonchev–Trinajstić information content (AvgIpc) is 2.41. The average molecular weight is 299 g/mol. The summed E-state index contributed by atoms with van der Waals surface area (Å²) in [7, 11) is 0. The molecule has 0 aliphatic rings. The van der Waals surface area contributed by atoms with Crippen LogP contribution in [0.1, 0.15) is 10.5 Å². The van der Waals surface area contributed by atoms with Gasteiger partial charge in [-0.25, -0.2) is 10.2 Å². The summed E-state index contributed by atoms with van der Waals surface area (Å²) < 4.78 is 13.9. The zero-order chi connectivity index (χ0) is 14.9. The minimum absolute atomic E-state index is 0.132. The molecule has 0 unspecified atom stereocenters. The lowest BCUT2D eigenvalue weighted by atomic mass is 10.3. The number of halogens is 2. The van der Waals surface area contributed by atoms with E-state index in [1.807, 2.05) is 0 Å². The van der Waals surface area contributed by atoms with E-state index in [0.29, 0.717) is 0 Å². The summed E-state index contributed by atoms with van der Waals surface area (Å²) >= 11 is 5.61. The second kappa shape index (κ2) is 5.27. The van der Waals surface area contributed by atoms with Gasteiger partial charge in [0.2, 0.25) is 0 Å². The molecule has 9 heteroatoms. The smallest absolute Gasteiger partial charge is 0.289 e. The Labute approximate surface area is 116 Å². The Morgan fingerprint density at radius 2 is 2.15 bits per heavy atom. The number of aromatic nitrogens is 2. The van der Waals surface area contributed by atoms with Crippen LogP contribution < -0.4 is 16.8 Å². The lowest BCUT2D eigenvalue weighted by Gasteiger charge is -2.08. The van der Waals surface area contributed by atoms with Crippen molar-refractivity contribution in [3.63, 3.8) is 0 Å². The van der Waals surface area contributed by atoms with Crippen molar-refractivity contribution in [2.24, 2.45) is 5.84 Å². The SMILES string of the molecule is NNC(=O)c1nn(-c2ccc(F)c(Cl)c2)c(=O)cc1O. The summed E-state index contributed by atoms with van der Waals surface area (Å²) in [6, 6.07) is 4.24. The molecule has 7 nitrogen and oxygen atoms in total. The molecule has 0 radical (unpaired) electrons. The third kappa shape index (κ3) is 2.46. The monoisotopic (exact) mass is 298 g/mol. The van der Waals surface area contributed by atoms with E-state index in [2.05, 4.69) is 5.10 Å². The van der Waals surface area contributed by atoms with Crippen molar-refractivity contribution >= 4 is 17.5 Å². The summed E-state index contributed by atoms with van der Waals surface area (Å²) in [6.07, 6.45) is 0. The minimum Gasteiger partial charge on any atom is -0.505 e. The van der Waals surface area contributed by atoms with Crippen LogP contribution in [0.3, 0.4) is 0 Å².